The number of carbonyl (C=O) groups is 1. The average Bonchev–Trinajstić information content (AvgIpc) is 2.46. The third-order valence-electron chi connectivity index (χ3n) is 3.95. The lowest BCUT2D eigenvalue weighted by atomic mass is 9.91. The minimum absolute atomic E-state index is 0.137. The summed E-state index contributed by atoms with van der Waals surface area (Å²) in [5.41, 5.74) is 6.47. The number of benzene rings is 1. The molecule has 0 atom stereocenters. The number of nitrogens with one attached hydrogen (secondary N) is 1. The molecule has 4 nitrogen and oxygen atoms in total. The highest BCUT2D eigenvalue weighted by atomic mass is 35.5. The number of nitrogens with two attached hydrogens (primary N) is 1. The van der Waals surface area contributed by atoms with Crippen molar-refractivity contribution >= 4 is 34.9 Å². The van der Waals surface area contributed by atoms with Gasteiger partial charge >= 0.3 is 6.03 Å². The standard InChI is InChI=1S/C15H21Cl2N3O/c1-2-20(12-6-4-11(18)5-7-12)15(21)19-14-9-10(16)3-8-13(14)17/h3,8-9,11-12H,2,4-7,18H2,1H3,(H,19,21). The highest BCUT2D eigenvalue weighted by Crippen LogP contribution is 2.27. The topological polar surface area (TPSA) is 58.4 Å². The van der Waals surface area contributed by atoms with E-state index in [2.05, 4.69) is 5.32 Å². The van der Waals surface area contributed by atoms with Gasteiger partial charge in [-0.2, -0.15) is 0 Å². The van der Waals surface area contributed by atoms with E-state index < -0.39 is 0 Å². The van der Waals surface area contributed by atoms with Gasteiger partial charge in [0.2, 0.25) is 0 Å². The highest BCUT2D eigenvalue weighted by molar-refractivity contribution is 6.35. The van der Waals surface area contributed by atoms with E-state index in [-0.39, 0.29) is 18.1 Å². The van der Waals surface area contributed by atoms with E-state index in [1.54, 1.807) is 18.2 Å². The van der Waals surface area contributed by atoms with Crippen LogP contribution in [-0.4, -0.2) is 29.6 Å². The van der Waals surface area contributed by atoms with Crippen molar-refractivity contribution in [1.29, 1.82) is 0 Å². The lowest BCUT2D eigenvalue weighted by molar-refractivity contribution is 0.167. The monoisotopic (exact) mass is 329 g/mol. The molecule has 1 saturated carbocycles. The second kappa shape index (κ2) is 7.34. The summed E-state index contributed by atoms with van der Waals surface area (Å²) in [6, 6.07) is 5.40. The van der Waals surface area contributed by atoms with Gasteiger partial charge in [-0.15, -0.1) is 0 Å². The number of urea groups is 1. The van der Waals surface area contributed by atoms with Gasteiger partial charge in [-0.1, -0.05) is 23.2 Å². The Hall–Kier alpha value is -0.970. The number of amides is 2. The van der Waals surface area contributed by atoms with Crippen molar-refractivity contribution in [3.05, 3.63) is 28.2 Å². The van der Waals surface area contributed by atoms with Crippen molar-refractivity contribution in [2.24, 2.45) is 5.73 Å². The number of anilines is 1. The van der Waals surface area contributed by atoms with Crippen molar-refractivity contribution in [3.63, 3.8) is 0 Å². The van der Waals surface area contributed by atoms with Gasteiger partial charge in [-0.05, 0) is 50.8 Å². The number of rotatable bonds is 3. The van der Waals surface area contributed by atoms with Crippen LogP contribution in [0.1, 0.15) is 32.6 Å². The lowest BCUT2D eigenvalue weighted by Gasteiger charge is -2.35. The highest BCUT2D eigenvalue weighted by Gasteiger charge is 2.26. The van der Waals surface area contributed by atoms with Crippen LogP contribution in [0.5, 0.6) is 0 Å². The van der Waals surface area contributed by atoms with Crippen LogP contribution in [0, 0.1) is 0 Å². The van der Waals surface area contributed by atoms with Crippen molar-refractivity contribution < 1.29 is 4.79 Å². The molecule has 0 spiro atoms. The number of nitrogens with zero attached hydrogens (tertiary/aromatic N) is 1. The zero-order valence-corrected chi connectivity index (χ0v) is 13.6. The smallest absolute Gasteiger partial charge is 0.322 e. The number of hydrogen-bond acceptors (Lipinski definition) is 2. The van der Waals surface area contributed by atoms with Crippen LogP contribution in [0.25, 0.3) is 0 Å². The second-order valence-corrected chi connectivity index (χ2v) is 6.25. The molecular weight excluding hydrogens is 309 g/mol. The number of halogens is 2. The van der Waals surface area contributed by atoms with E-state index in [4.69, 9.17) is 28.9 Å². The summed E-state index contributed by atoms with van der Waals surface area (Å²) >= 11 is 12.0. The molecule has 21 heavy (non-hydrogen) atoms. The Kier molecular flexibility index (Phi) is 5.73. The molecule has 2 amide bonds. The predicted octanol–water partition coefficient (Wildman–Crippen LogP) is 4.12. The zero-order chi connectivity index (χ0) is 15.4. The maximum Gasteiger partial charge on any atom is 0.322 e. The van der Waals surface area contributed by atoms with Crippen LogP contribution in [0.2, 0.25) is 10.0 Å². The molecule has 6 heteroatoms. The molecule has 0 unspecified atom stereocenters. The first-order valence-electron chi connectivity index (χ1n) is 7.29. The molecule has 2 rings (SSSR count). The van der Waals surface area contributed by atoms with Gasteiger partial charge < -0.3 is 16.0 Å². The Morgan fingerprint density at radius 2 is 2.00 bits per heavy atom. The minimum atomic E-state index is -0.137. The molecule has 1 fully saturated rings. The fraction of sp³-hybridized carbons (Fsp3) is 0.533. The van der Waals surface area contributed by atoms with Crippen molar-refractivity contribution in [3.8, 4) is 0 Å². The normalized spacial score (nSPS) is 21.9. The summed E-state index contributed by atoms with van der Waals surface area (Å²) in [7, 11) is 0. The molecule has 0 radical (unpaired) electrons. The fourth-order valence-electron chi connectivity index (χ4n) is 2.76. The van der Waals surface area contributed by atoms with Crippen LogP contribution in [0.4, 0.5) is 10.5 Å². The molecule has 0 aromatic heterocycles. The van der Waals surface area contributed by atoms with E-state index in [0.717, 1.165) is 25.7 Å². The van der Waals surface area contributed by atoms with Gasteiger partial charge in [-0.3, -0.25) is 0 Å². The molecule has 0 bridgehead atoms. The van der Waals surface area contributed by atoms with Crippen LogP contribution < -0.4 is 11.1 Å². The van der Waals surface area contributed by atoms with E-state index in [9.17, 15) is 4.79 Å². The third-order valence-corrected chi connectivity index (χ3v) is 4.52. The fourth-order valence-corrected chi connectivity index (χ4v) is 3.10. The average molecular weight is 330 g/mol. The molecule has 1 aromatic rings. The van der Waals surface area contributed by atoms with Crippen molar-refractivity contribution in [1.82, 2.24) is 4.90 Å². The minimum Gasteiger partial charge on any atom is -0.328 e. The van der Waals surface area contributed by atoms with Gasteiger partial charge in [-0.25, -0.2) is 4.79 Å². The molecular formula is C15H21Cl2N3O. The summed E-state index contributed by atoms with van der Waals surface area (Å²) < 4.78 is 0. The van der Waals surface area contributed by atoms with Crippen LogP contribution in [0.15, 0.2) is 18.2 Å². The van der Waals surface area contributed by atoms with Crippen LogP contribution in [0.3, 0.4) is 0 Å². The summed E-state index contributed by atoms with van der Waals surface area (Å²) in [5.74, 6) is 0. The largest absolute Gasteiger partial charge is 0.328 e. The summed E-state index contributed by atoms with van der Waals surface area (Å²) in [5, 5.41) is 3.87. The van der Waals surface area contributed by atoms with Gasteiger partial charge in [0.15, 0.2) is 0 Å². The predicted molar refractivity (Wildman–Crippen MR) is 88.1 cm³/mol. The van der Waals surface area contributed by atoms with Gasteiger partial charge in [0.05, 0.1) is 10.7 Å². The number of hydrogen-bond donors (Lipinski definition) is 2. The third kappa shape index (κ3) is 4.25. The van der Waals surface area contributed by atoms with E-state index in [1.165, 1.54) is 0 Å². The first kappa shape index (κ1) is 16.4. The first-order chi connectivity index (χ1) is 10.0. The molecule has 0 saturated heterocycles. The van der Waals surface area contributed by atoms with Gasteiger partial charge in [0, 0.05) is 23.7 Å². The summed E-state index contributed by atoms with van der Waals surface area (Å²) in [6.45, 7) is 2.64. The molecule has 3 N–H and O–H groups in total. The first-order valence-corrected chi connectivity index (χ1v) is 8.05. The quantitative estimate of drug-likeness (QED) is 0.876. The molecule has 0 aliphatic heterocycles. The van der Waals surface area contributed by atoms with Crippen LogP contribution in [-0.2, 0) is 0 Å². The Morgan fingerprint density at radius 1 is 1.33 bits per heavy atom. The Bertz CT molecular complexity index is 502. The Labute approximate surface area is 135 Å². The van der Waals surface area contributed by atoms with E-state index in [1.807, 2.05) is 11.8 Å². The van der Waals surface area contributed by atoms with E-state index in [0.29, 0.717) is 22.3 Å². The molecule has 116 valence electrons. The van der Waals surface area contributed by atoms with Gasteiger partial charge in [0.1, 0.15) is 0 Å². The SMILES string of the molecule is CCN(C(=O)Nc1cc(Cl)ccc1Cl)C1CCC(N)CC1. The number of carbonyl (C=O) groups excluding carboxylic acids is 1. The molecule has 0 heterocycles. The molecule has 1 aliphatic rings. The van der Waals surface area contributed by atoms with Gasteiger partial charge in [0.25, 0.3) is 0 Å². The Balaban J connectivity index is 2.04. The maximum atomic E-state index is 12.5. The van der Waals surface area contributed by atoms with Crippen molar-refractivity contribution in [2.45, 2.75) is 44.7 Å². The molecule has 1 aromatic carbocycles. The maximum absolute atomic E-state index is 12.5. The summed E-state index contributed by atoms with van der Waals surface area (Å²) in [6.07, 6.45) is 3.83. The lowest BCUT2D eigenvalue weighted by Crippen LogP contribution is -2.46. The zero-order valence-electron chi connectivity index (χ0n) is 12.1. The van der Waals surface area contributed by atoms with Crippen LogP contribution >= 0.6 is 23.2 Å². The molecule has 1 aliphatic carbocycles. The second-order valence-electron chi connectivity index (χ2n) is 5.41. The Morgan fingerprint density at radius 3 is 2.62 bits per heavy atom. The van der Waals surface area contributed by atoms with Crippen molar-refractivity contribution in [2.75, 3.05) is 11.9 Å². The van der Waals surface area contributed by atoms with E-state index >= 15 is 0 Å². The summed E-state index contributed by atoms with van der Waals surface area (Å²) in [4.78, 5) is 14.3.